The van der Waals surface area contributed by atoms with Gasteiger partial charge in [-0.2, -0.15) is 9.97 Å². The highest BCUT2D eigenvalue weighted by molar-refractivity contribution is 7.84. The number of nitrogens with one attached hydrogen (secondary N) is 1. The molecule has 0 spiro atoms. The molecule has 0 atom stereocenters. The quantitative estimate of drug-likeness (QED) is 0.376. The summed E-state index contributed by atoms with van der Waals surface area (Å²) < 4.78 is 24.3. The molecule has 0 bridgehead atoms. The molecule has 0 saturated carbocycles. The van der Waals surface area contributed by atoms with Gasteiger partial charge in [-0.25, -0.2) is 13.4 Å². The van der Waals surface area contributed by atoms with Crippen LogP contribution in [0, 0.1) is 0 Å². The van der Waals surface area contributed by atoms with E-state index in [4.69, 9.17) is 82.6 Å². The van der Waals surface area contributed by atoms with Crippen LogP contribution in [-0.2, 0) is 17.7 Å². The number of nitrogens with zero attached hydrogens (tertiary/aromatic N) is 4. The lowest BCUT2D eigenvalue weighted by Crippen LogP contribution is -2.38. The Labute approximate surface area is 182 Å². The van der Waals surface area contributed by atoms with Gasteiger partial charge in [-0.3, -0.25) is 0 Å². The minimum absolute atomic E-state index is 0.114. The summed E-state index contributed by atoms with van der Waals surface area (Å²) in [5.74, 6) is -0.0470. The van der Waals surface area contributed by atoms with Gasteiger partial charge in [-0.05, 0) is 0 Å². The standard InChI is InChI=1S/C10H14Cl6N5.CH4O3S/c1-21(2,3)5-4-17-8-19-6(9(11,12)13)18-7(20-8)10(14,15)16;1-5(2,3)4/h4-5H2,1-3H3,(H,17,18,19,20);1H3,(H,2,3,4)/q+1;/p-1. The van der Waals surface area contributed by atoms with E-state index in [9.17, 15) is 0 Å². The summed E-state index contributed by atoms with van der Waals surface area (Å²) in [5.41, 5.74) is 0. The number of likely N-dealkylation sites (N-methyl/N-ethyl adjacent to an activating group) is 1. The number of alkyl halides is 6. The van der Waals surface area contributed by atoms with Crippen LogP contribution < -0.4 is 5.32 Å². The lowest BCUT2D eigenvalue weighted by atomic mass is 10.5. The van der Waals surface area contributed by atoms with Crippen LogP contribution in [-0.4, -0.2) is 72.9 Å². The molecule has 1 N–H and O–H groups in total. The van der Waals surface area contributed by atoms with E-state index in [1.807, 2.05) is 0 Å². The highest BCUT2D eigenvalue weighted by Gasteiger charge is 2.33. The Balaban J connectivity index is 0.00000110. The van der Waals surface area contributed by atoms with Crippen LogP contribution in [0.25, 0.3) is 0 Å². The van der Waals surface area contributed by atoms with Gasteiger partial charge >= 0.3 is 0 Å². The molecule has 1 heterocycles. The molecule has 0 radical (unpaired) electrons. The predicted molar refractivity (Wildman–Crippen MR) is 105 cm³/mol. The van der Waals surface area contributed by atoms with Crippen molar-refractivity contribution in [3.8, 4) is 0 Å². The van der Waals surface area contributed by atoms with Crippen molar-refractivity contribution in [3.63, 3.8) is 0 Å². The Morgan fingerprint density at radius 3 is 1.58 bits per heavy atom. The van der Waals surface area contributed by atoms with Gasteiger partial charge in [0.15, 0.2) is 11.6 Å². The highest BCUT2D eigenvalue weighted by atomic mass is 35.6. The van der Waals surface area contributed by atoms with Crippen molar-refractivity contribution in [1.29, 1.82) is 0 Å². The number of halogens is 6. The van der Waals surface area contributed by atoms with Crippen LogP contribution in [0.3, 0.4) is 0 Å². The van der Waals surface area contributed by atoms with E-state index in [1.54, 1.807) is 0 Å². The van der Waals surface area contributed by atoms with Crippen molar-refractivity contribution in [3.05, 3.63) is 11.6 Å². The smallest absolute Gasteiger partial charge is 0.250 e. The SMILES string of the molecule is CS(=O)(=O)[O-].C[N+](C)(C)CCNc1nc(C(Cl)(Cl)Cl)nc(C(Cl)(Cl)Cl)n1. The third kappa shape index (κ3) is 13.6. The lowest BCUT2D eigenvalue weighted by Gasteiger charge is -2.24. The molecule has 0 saturated heterocycles. The second-order valence-electron chi connectivity index (χ2n) is 5.95. The summed E-state index contributed by atoms with van der Waals surface area (Å²) in [6.45, 7) is 1.41. The predicted octanol–water partition coefficient (Wildman–Crippen LogP) is 2.80. The summed E-state index contributed by atoms with van der Waals surface area (Å²) >= 11 is 34.7. The van der Waals surface area contributed by atoms with Gasteiger partial charge in [0, 0.05) is 6.26 Å². The Morgan fingerprint density at radius 1 is 0.962 bits per heavy atom. The van der Waals surface area contributed by atoms with Crippen molar-refractivity contribution in [2.45, 2.75) is 7.59 Å². The molecule has 8 nitrogen and oxygen atoms in total. The molecular formula is C11H17Cl6N5O3S. The average molecular weight is 512 g/mol. The van der Waals surface area contributed by atoms with Gasteiger partial charge in [0.05, 0.1) is 44.4 Å². The number of anilines is 1. The minimum atomic E-state index is -3.92. The van der Waals surface area contributed by atoms with Crippen LogP contribution in [0.2, 0.25) is 0 Å². The van der Waals surface area contributed by atoms with Gasteiger partial charge in [-0.1, -0.05) is 69.6 Å². The topological polar surface area (TPSA) is 108 Å². The van der Waals surface area contributed by atoms with Crippen LogP contribution in [0.4, 0.5) is 5.95 Å². The van der Waals surface area contributed by atoms with Gasteiger partial charge in [0.2, 0.25) is 13.5 Å². The fourth-order valence-electron chi connectivity index (χ4n) is 1.21. The van der Waals surface area contributed by atoms with E-state index in [0.717, 1.165) is 11.0 Å². The maximum absolute atomic E-state index is 9.08. The first-order valence-electron chi connectivity index (χ1n) is 6.65. The van der Waals surface area contributed by atoms with Gasteiger partial charge in [-0.15, -0.1) is 0 Å². The lowest BCUT2D eigenvalue weighted by molar-refractivity contribution is -0.868. The van der Waals surface area contributed by atoms with E-state index < -0.39 is 17.7 Å². The zero-order chi connectivity index (χ0) is 21.0. The Morgan fingerprint density at radius 2 is 1.31 bits per heavy atom. The normalized spacial score (nSPS) is 13.0. The maximum atomic E-state index is 9.08. The minimum Gasteiger partial charge on any atom is -0.748 e. The molecule has 0 amide bonds. The van der Waals surface area contributed by atoms with E-state index in [1.165, 1.54) is 0 Å². The fourth-order valence-corrected chi connectivity index (χ4v) is 1.72. The van der Waals surface area contributed by atoms with Crippen molar-refractivity contribution < 1.29 is 17.5 Å². The van der Waals surface area contributed by atoms with E-state index in [-0.39, 0.29) is 17.6 Å². The van der Waals surface area contributed by atoms with Crippen molar-refractivity contribution >= 4 is 85.7 Å². The molecule has 0 unspecified atom stereocenters. The molecule has 26 heavy (non-hydrogen) atoms. The number of rotatable bonds is 4. The van der Waals surface area contributed by atoms with E-state index >= 15 is 0 Å². The first-order valence-corrected chi connectivity index (χ1v) is 10.7. The zero-order valence-corrected chi connectivity index (χ0v) is 19.5. The van der Waals surface area contributed by atoms with E-state index in [2.05, 4.69) is 41.4 Å². The van der Waals surface area contributed by atoms with Gasteiger partial charge < -0.3 is 14.4 Å². The van der Waals surface area contributed by atoms with Crippen molar-refractivity contribution in [1.82, 2.24) is 15.0 Å². The molecule has 0 aliphatic rings. The van der Waals surface area contributed by atoms with Crippen molar-refractivity contribution in [2.75, 3.05) is 45.8 Å². The van der Waals surface area contributed by atoms with Crippen LogP contribution in [0.15, 0.2) is 0 Å². The summed E-state index contributed by atoms with van der Waals surface area (Å²) in [6, 6.07) is 0. The molecular weight excluding hydrogens is 495 g/mol. The zero-order valence-electron chi connectivity index (χ0n) is 14.1. The van der Waals surface area contributed by atoms with Gasteiger partial charge in [0.1, 0.15) is 0 Å². The number of aromatic nitrogens is 3. The first-order chi connectivity index (χ1) is 11.3. The van der Waals surface area contributed by atoms with Crippen molar-refractivity contribution in [2.24, 2.45) is 0 Å². The van der Waals surface area contributed by atoms with Crippen LogP contribution in [0.5, 0.6) is 0 Å². The molecule has 1 aromatic heterocycles. The second-order valence-corrected chi connectivity index (χ2v) is 11.9. The average Bonchev–Trinajstić information content (AvgIpc) is 2.32. The monoisotopic (exact) mass is 509 g/mol. The third-order valence-corrected chi connectivity index (χ3v) is 3.22. The molecule has 0 aromatic carbocycles. The molecule has 0 aliphatic heterocycles. The number of quaternary nitrogens is 1. The Kier molecular flexibility index (Phi) is 9.91. The molecule has 152 valence electrons. The molecule has 1 rings (SSSR count). The van der Waals surface area contributed by atoms with Crippen LogP contribution >= 0.6 is 69.6 Å². The Hall–Kier alpha value is 0.420. The molecule has 15 heteroatoms. The summed E-state index contributed by atoms with van der Waals surface area (Å²) in [6.07, 6.45) is 0.604. The Bertz CT molecular complexity index is 659. The molecule has 0 fully saturated rings. The summed E-state index contributed by atoms with van der Waals surface area (Å²) in [7, 11) is 2.23. The maximum Gasteiger partial charge on any atom is 0.250 e. The fraction of sp³-hybridized carbons (Fsp3) is 0.727. The molecule has 0 aliphatic carbocycles. The highest BCUT2D eigenvalue weighted by Crippen LogP contribution is 2.40. The number of hydrogen-bond acceptors (Lipinski definition) is 7. The first kappa shape index (κ1) is 26.4. The third-order valence-electron chi connectivity index (χ3n) is 2.21. The second kappa shape index (κ2) is 9.76. The summed E-state index contributed by atoms with van der Waals surface area (Å²) in [4.78, 5) is 11.9. The largest absolute Gasteiger partial charge is 0.748 e. The molecule has 1 aromatic rings. The van der Waals surface area contributed by atoms with E-state index in [0.29, 0.717) is 12.8 Å². The van der Waals surface area contributed by atoms with Gasteiger partial charge in [0.25, 0.3) is 0 Å². The summed E-state index contributed by atoms with van der Waals surface area (Å²) in [5, 5.41) is 3.00. The number of hydrogen-bond donors (Lipinski definition) is 1. The van der Waals surface area contributed by atoms with Crippen LogP contribution in [0.1, 0.15) is 11.6 Å².